The molecule has 2 rings (SSSR count). The summed E-state index contributed by atoms with van der Waals surface area (Å²) < 4.78 is 0. The Morgan fingerprint density at radius 3 is 1.59 bits per heavy atom. The van der Waals surface area contributed by atoms with Crippen molar-refractivity contribution in [3.63, 3.8) is 0 Å². The molecule has 0 bridgehead atoms. The molecule has 2 atom stereocenters. The first kappa shape index (κ1) is 34.1. The van der Waals surface area contributed by atoms with E-state index in [1.165, 1.54) is 77.0 Å². The van der Waals surface area contributed by atoms with Crippen LogP contribution in [0, 0.1) is 0 Å². The smallest absolute Gasteiger partial charge is 0.330 e. The predicted octanol–water partition coefficient (Wildman–Crippen LogP) is 7.92. The van der Waals surface area contributed by atoms with Crippen LogP contribution in [0.5, 0.6) is 0 Å². The van der Waals surface area contributed by atoms with Gasteiger partial charge in [-0.15, -0.1) is 0 Å². The largest absolute Gasteiger partial charge is 0.479 e. The Morgan fingerprint density at radius 2 is 1.10 bits per heavy atom. The maximum atomic E-state index is 13.2. The van der Waals surface area contributed by atoms with Gasteiger partial charge in [-0.1, -0.05) is 157 Å². The SMILES string of the molecule is CCCCCCCCCCCCCCCCCC(=O)N[C@H](Cc1ccccc1)C(=O)N[C@H](C(=O)O)c1ccccc1. The van der Waals surface area contributed by atoms with Crippen LogP contribution >= 0.6 is 0 Å². The van der Waals surface area contributed by atoms with Gasteiger partial charge in [0.05, 0.1) is 0 Å². The quantitative estimate of drug-likeness (QED) is 0.119. The number of hydrogen-bond donors (Lipinski definition) is 3. The molecule has 2 aromatic rings. The molecule has 0 aliphatic rings. The Bertz CT molecular complexity index is 980. The minimum Gasteiger partial charge on any atom is -0.479 e. The first-order valence-electron chi connectivity index (χ1n) is 15.9. The molecule has 0 heterocycles. The second kappa shape index (κ2) is 21.6. The van der Waals surface area contributed by atoms with Crippen LogP contribution in [0.15, 0.2) is 60.7 Å². The predicted molar refractivity (Wildman–Crippen MR) is 167 cm³/mol. The molecule has 6 heteroatoms. The molecular weight excluding hydrogens is 512 g/mol. The zero-order valence-corrected chi connectivity index (χ0v) is 25.1. The standard InChI is InChI=1S/C35H52N2O4/c1-2-3-4-5-6-7-8-9-10-11-12-13-14-15-22-27-32(38)36-31(28-29-23-18-16-19-24-29)34(39)37-33(35(40)41)30-25-20-17-21-26-30/h16-21,23-26,31,33H,2-15,22,27-28H2,1H3,(H,36,38)(H,37,39)(H,40,41)/t31-,33+/m1/s1. The van der Waals surface area contributed by atoms with Crippen molar-refractivity contribution in [2.75, 3.05) is 0 Å². The zero-order valence-electron chi connectivity index (χ0n) is 25.1. The minimum absolute atomic E-state index is 0.178. The fraction of sp³-hybridized carbons (Fsp3) is 0.571. The number of benzene rings is 2. The molecule has 0 fully saturated rings. The van der Waals surface area contributed by atoms with E-state index in [-0.39, 0.29) is 5.91 Å². The first-order valence-corrected chi connectivity index (χ1v) is 15.9. The number of carboxylic acid groups (broad SMARTS) is 1. The summed E-state index contributed by atoms with van der Waals surface area (Å²) in [4.78, 5) is 37.9. The summed E-state index contributed by atoms with van der Waals surface area (Å²) in [5.74, 6) is -1.83. The third-order valence-corrected chi connectivity index (χ3v) is 7.61. The Morgan fingerprint density at radius 1 is 0.634 bits per heavy atom. The average Bonchev–Trinajstić information content (AvgIpc) is 2.98. The van der Waals surface area contributed by atoms with E-state index in [2.05, 4.69) is 17.6 Å². The van der Waals surface area contributed by atoms with Gasteiger partial charge in [0, 0.05) is 12.8 Å². The molecule has 0 spiro atoms. The number of nitrogens with one attached hydrogen (secondary N) is 2. The van der Waals surface area contributed by atoms with E-state index in [0.29, 0.717) is 18.4 Å². The molecule has 2 aromatic carbocycles. The molecule has 0 unspecified atom stereocenters. The molecule has 0 aromatic heterocycles. The summed E-state index contributed by atoms with van der Waals surface area (Å²) in [5, 5.41) is 15.2. The highest BCUT2D eigenvalue weighted by Gasteiger charge is 2.27. The highest BCUT2D eigenvalue weighted by atomic mass is 16.4. The Hall–Kier alpha value is -3.15. The number of carboxylic acids is 1. The number of unbranched alkanes of at least 4 members (excludes halogenated alkanes) is 14. The number of aliphatic carboxylic acids is 1. The number of carbonyl (C=O) groups is 3. The monoisotopic (exact) mass is 564 g/mol. The molecule has 0 saturated heterocycles. The van der Waals surface area contributed by atoms with E-state index in [0.717, 1.165) is 24.8 Å². The van der Waals surface area contributed by atoms with Gasteiger partial charge in [0.1, 0.15) is 6.04 Å². The molecule has 3 N–H and O–H groups in total. The second-order valence-corrected chi connectivity index (χ2v) is 11.2. The van der Waals surface area contributed by atoms with Crippen LogP contribution in [0.2, 0.25) is 0 Å². The Labute approximate surface area is 247 Å². The fourth-order valence-corrected chi connectivity index (χ4v) is 5.16. The van der Waals surface area contributed by atoms with Gasteiger partial charge in [0.25, 0.3) is 0 Å². The molecule has 41 heavy (non-hydrogen) atoms. The van der Waals surface area contributed by atoms with Gasteiger partial charge in [0.15, 0.2) is 6.04 Å². The van der Waals surface area contributed by atoms with Crippen LogP contribution in [0.4, 0.5) is 0 Å². The highest BCUT2D eigenvalue weighted by Crippen LogP contribution is 2.15. The number of carbonyl (C=O) groups excluding carboxylic acids is 2. The Balaban J connectivity index is 1.69. The van der Waals surface area contributed by atoms with Gasteiger partial charge in [-0.25, -0.2) is 4.79 Å². The normalized spacial score (nSPS) is 12.4. The fourth-order valence-electron chi connectivity index (χ4n) is 5.16. The maximum absolute atomic E-state index is 13.2. The summed E-state index contributed by atoms with van der Waals surface area (Å²) in [6.07, 6.45) is 19.6. The van der Waals surface area contributed by atoms with E-state index in [1.807, 2.05) is 30.3 Å². The molecule has 0 saturated carbocycles. The first-order chi connectivity index (χ1) is 20.0. The van der Waals surface area contributed by atoms with Gasteiger partial charge in [-0.3, -0.25) is 9.59 Å². The number of amides is 2. The minimum atomic E-state index is -1.19. The second-order valence-electron chi connectivity index (χ2n) is 11.2. The van der Waals surface area contributed by atoms with Crippen LogP contribution < -0.4 is 10.6 Å². The van der Waals surface area contributed by atoms with E-state index in [1.54, 1.807) is 30.3 Å². The maximum Gasteiger partial charge on any atom is 0.330 e. The summed E-state index contributed by atoms with van der Waals surface area (Å²) in [6, 6.07) is 16.0. The van der Waals surface area contributed by atoms with Crippen LogP contribution in [0.25, 0.3) is 0 Å². The van der Waals surface area contributed by atoms with E-state index >= 15 is 0 Å². The lowest BCUT2D eigenvalue weighted by molar-refractivity contribution is -0.142. The zero-order chi connectivity index (χ0) is 29.5. The molecule has 2 amide bonds. The van der Waals surface area contributed by atoms with Gasteiger partial charge in [0.2, 0.25) is 11.8 Å². The summed E-state index contributed by atoms with van der Waals surface area (Å²) in [6.45, 7) is 2.26. The van der Waals surface area contributed by atoms with Crippen molar-refractivity contribution in [2.45, 2.75) is 128 Å². The molecule has 6 nitrogen and oxygen atoms in total. The summed E-state index contributed by atoms with van der Waals surface area (Å²) >= 11 is 0. The highest BCUT2D eigenvalue weighted by molar-refractivity contribution is 5.91. The third kappa shape index (κ3) is 15.4. The average molecular weight is 565 g/mol. The molecule has 226 valence electrons. The molecule has 0 aliphatic heterocycles. The third-order valence-electron chi connectivity index (χ3n) is 7.61. The van der Waals surface area contributed by atoms with E-state index < -0.39 is 24.0 Å². The van der Waals surface area contributed by atoms with Crippen molar-refractivity contribution in [3.8, 4) is 0 Å². The molecular formula is C35H52N2O4. The lowest BCUT2D eigenvalue weighted by Crippen LogP contribution is -2.49. The lowest BCUT2D eigenvalue weighted by atomic mass is 10.0. The topological polar surface area (TPSA) is 95.5 Å². The van der Waals surface area contributed by atoms with Crippen molar-refractivity contribution in [2.24, 2.45) is 0 Å². The van der Waals surface area contributed by atoms with Gasteiger partial charge in [-0.05, 0) is 17.5 Å². The van der Waals surface area contributed by atoms with E-state index in [4.69, 9.17) is 0 Å². The number of hydrogen-bond acceptors (Lipinski definition) is 3. The Kier molecular flexibility index (Phi) is 17.9. The van der Waals surface area contributed by atoms with Crippen LogP contribution in [0.1, 0.15) is 127 Å². The summed E-state index contributed by atoms with van der Waals surface area (Å²) in [7, 11) is 0. The van der Waals surface area contributed by atoms with Gasteiger partial charge < -0.3 is 15.7 Å². The van der Waals surface area contributed by atoms with Crippen molar-refractivity contribution >= 4 is 17.8 Å². The molecule has 0 radical (unpaired) electrons. The summed E-state index contributed by atoms with van der Waals surface area (Å²) in [5.41, 5.74) is 1.38. The van der Waals surface area contributed by atoms with Crippen LogP contribution in [0.3, 0.4) is 0 Å². The van der Waals surface area contributed by atoms with Crippen molar-refractivity contribution < 1.29 is 19.5 Å². The van der Waals surface area contributed by atoms with Gasteiger partial charge in [-0.2, -0.15) is 0 Å². The number of rotatable bonds is 23. The van der Waals surface area contributed by atoms with E-state index in [9.17, 15) is 19.5 Å². The van der Waals surface area contributed by atoms with Crippen molar-refractivity contribution in [1.29, 1.82) is 0 Å². The van der Waals surface area contributed by atoms with Crippen LogP contribution in [-0.2, 0) is 20.8 Å². The lowest BCUT2D eigenvalue weighted by Gasteiger charge is -2.22. The van der Waals surface area contributed by atoms with Crippen molar-refractivity contribution in [3.05, 3.63) is 71.8 Å². The molecule has 0 aliphatic carbocycles. The van der Waals surface area contributed by atoms with Gasteiger partial charge >= 0.3 is 5.97 Å². The van der Waals surface area contributed by atoms with Crippen molar-refractivity contribution in [1.82, 2.24) is 10.6 Å². The van der Waals surface area contributed by atoms with Crippen LogP contribution in [-0.4, -0.2) is 28.9 Å².